The van der Waals surface area contributed by atoms with E-state index in [0.29, 0.717) is 0 Å². The average molecular weight is 203 g/mol. The lowest BCUT2D eigenvalue weighted by Gasteiger charge is -2.24. The van der Waals surface area contributed by atoms with Crippen molar-refractivity contribution in [3.8, 4) is 0 Å². The molecular weight excluding hydrogens is 186 g/mol. The first-order valence-corrected chi connectivity index (χ1v) is 4.37. The molecule has 0 radical (unpaired) electrons. The number of hydrogen-bond donors (Lipinski definition) is 2. The maximum atomic E-state index is 10.7. The minimum absolute atomic E-state index is 0.0120. The quantitative estimate of drug-likeness (QED) is 0.693. The van der Waals surface area contributed by atoms with Gasteiger partial charge in [0.05, 0.1) is 12.1 Å². The summed E-state index contributed by atoms with van der Waals surface area (Å²) < 4.78 is 5.24. The number of nitrogens with one attached hydrogen (secondary N) is 1. The molecule has 0 aromatic heterocycles. The van der Waals surface area contributed by atoms with Gasteiger partial charge in [0.1, 0.15) is 0 Å². The molecule has 0 saturated carbocycles. The second-order valence-corrected chi connectivity index (χ2v) is 3.99. The number of carboxylic acid groups (broad SMARTS) is 1. The van der Waals surface area contributed by atoms with Crippen molar-refractivity contribution in [2.45, 2.75) is 39.4 Å². The maximum Gasteiger partial charge on any atom is 0.334 e. The van der Waals surface area contributed by atoms with Gasteiger partial charge in [-0.1, -0.05) is 0 Å². The van der Waals surface area contributed by atoms with Gasteiger partial charge in [-0.05, 0) is 20.8 Å². The van der Waals surface area contributed by atoms with Gasteiger partial charge in [-0.15, -0.1) is 0 Å². The van der Waals surface area contributed by atoms with E-state index < -0.39 is 17.7 Å². The second-order valence-electron chi connectivity index (χ2n) is 3.99. The molecule has 0 aliphatic rings. The largest absolute Gasteiger partial charge is 0.479 e. The molecule has 1 unspecified atom stereocenters. The van der Waals surface area contributed by atoms with Gasteiger partial charge in [0.25, 0.3) is 0 Å². The fourth-order valence-electron chi connectivity index (χ4n) is 0.843. The van der Waals surface area contributed by atoms with Crippen LogP contribution in [0.2, 0.25) is 0 Å². The first kappa shape index (κ1) is 12.9. The molecule has 5 heteroatoms. The zero-order valence-corrected chi connectivity index (χ0v) is 8.96. The first-order chi connectivity index (χ1) is 6.22. The molecule has 0 fully saturated rings. The maximum absolute atomic E-state index is 10.7. The highest BCUT2D eigenvalue weighted by Gasteiger charge is 2.24. The fraction of sp³-hybridized carbons (Fsp3) is 0.778. The summed E-state index contributed by atoms with van der Waals surface area (Å²) in [4.78, 5) is 21.3. The molecule has 14 heavy (non-hydrogen) atoms. The van der Waals surface area contributed by atoms with Crippen LogP contribution in [-0.2, 0) is 14.3 Å². The van der Waals surface area contributed by atoms with Crippen molar-refractivity contribution in [1.29, 1.82) is 0 Å². The van der Waals surface area contributed by atoms with Crippen LogP contribution in [0.25, 0.3) is 0 Å². The van der Waals surface area contributed by atoms with Crippen LogP contribution in [0.5, 0.6) is 0 Å². The Balaban J connectivity index is 4.17. The Bertz CT molecular complexity index is 219. The summed E-state index contributed by atoms with van der Waals surface area (Å²) in [5.41, 5.74) is -0.540. The van der Waals surface area contributed by atoms with Gasteiger partial charge in [0.2, 0.25) is 5.91 Å². The van der Waals surface area contributed by atoms with Crippen LogP contribution < -0.4 is 5.32 Å². The lowest BCUT2D eigenvalue weighted by molar-refractivity contribution is -0.159. The van der Waals surface area contributed by atoms with E-state index in [1.165, 1.54) is 6.92 Å². The Morgan fingerprint density at radius 1 is 1.43 bits per heavy atom. The average Bonchev–Trinajstić information content (AvgIpc) is 1.94. The van der Waals surface area contributed by atoms with Crippen molar-refractivity contribution in [2.75, 3.05) is 6.54 Å². The molecular formula is C9H17NO4. The lowest BCUT2D eigenvalue weighted by Crippen LogP contribution is -2.41. The summed E-state index contributed by atoms with van der Waals surface area (Å²) in [6, 6.07) is 0. The summed E-state index contributed by atoms with van der Waals surface area (Å²) in [5, 5.41) is 11.2. The topological polar surface area (TPSA) is 75.6 Å². The molecule has 2 N–H and O–H groups in total. The predicted molar refractivity (Wildman–Crippen MR) is 50.9 cm³/mol. The molecule has 0 spiro atoms. The predicted octanol–water partition coefficient (Wildman–Crippen LogP) is 0.391. The summed E-state index contributed by atoms with van der Waals surface area (Å²) >= 11 is 0. The Morgan fingerprint density at radius 2 is 1.93 bits per heavy atom. The number of hydrogen-bond acceptors (Lipinski definition) is 3. The van der Waals surface area contributed by atoms with Crippen molar-refractivity contribution in [3.63, 3.8) is 0 Å². The standard InChI is InChI=1S/C9H17NO4/c1-6(11)10-5-7(8(12)13)14-9(2,3)4/h7H,5H2,1-4H3,(H,10,11)(H,12,13). The summed E-state index contributed by atoms with van der Waals surface area (Å²) in [5.74, 6) is -1.34. The van der Waals surface area contributed by atoms with E-state index >= 15 is 0 Å². The van der Waals surface area contributed by atoms with Gasteiger partial charge in [-0.25, -0.2) is 4.79 Å². The molecule has 1 atom stereocenters. The molecule has 0 aliphatic heterocycles. The van der Waals surface area contributed by atoms with E-state index in [1.807, 2.05) is 0 Å². The highest BCUT2D eigenvalue weighted by atomic mass is 16.5. The minimum Gasteiger partial charge on any atom is -0.479 e. The van der Waals surface area contributed by atoms with Crippen LogP contribution in [0, 0.1) is 0 Å². The number of carbonyl (C=O) groups is 2. The Morgan fingerprint density at radius 3 is 2.21 bits per heavy atom. The molecule has 5 nitrogen and oxygen atoms in total. The highest BCUT2D eigenvalue weighted by Crippen LogP contribution is 2.10. The van der Waals surface area contributed by atoms with E-state index in [2.05, 4.69) is 5.32 Å². The number of amides is 1. The highest BCUT2D eigenvalue weighted by molar-refractivity contribution is 5.76. The van der Waals surface area contributed by atoms with E-state index in [1.54, 1.807) is 20.8 Å². The third-order valence-electron chi connectivity index (χ3n) is 1.31. The Labute approximate surface area is 83.4 Å². The molecule has 1 amide bonds. The van der Waals surface area contributed by atoms with Crippen LogP contribution in [0.15, 0.2) is 0 Å². The summed E-state index contributed by atoms with van der Waals surface area (Å²) in [6.07, 6.45) is -1.00. The van der Waals surface area contributed by atoms with Crippen LogP contribution in [-0.4, -0.2) is 35.2 Å². The second kappa shape index (κ2) is 4.95. The fourth-order valence-corrected chi connectivity index (χ4v) is 0.843. The van der Waals surface area contributed by atoms with E-state index in [9.17, 15) is 9.59 Å². The monoisotopic (exact) mass is 203 g/mol. The number of carbonyl (C=O) groups excluding carboxylic acids is 1. The van der Waals surface area contributed by atoms with Crippen molar-refractivity contribution in [2.24, 2.45) is 0 Å². The van der Waals surface area contributed by atoms with Gasteiger partial charge in [0.15, 0.2) is 6.10 Å². The zero-order valence-electron chi connectivity index (χ0n) is 8.96. The van der Waals surface area contributed by atoms with Crippen LogP contribution in [0.4, 0.5) is 0 Å². The summed E-state index contributed by atoms with van der Waals surface area (Å²) in [6.45, 7) is 6.60. The Kier molecular flexibility index (Phi) is 4.56. The Hall–Kier alpha value is -1.10. The van der Waals surface area contributed by atoms with Crippen molar-refractivity contribution in [3.05, 3.63) is 0 Å². The van der Waals surface area contributed by atoms with Gasteiger partial charge >= 0.3 is 5.97 Å². The molecule has 0 aliphatic carbocycles. The van der Waals surface area contributed by atoms with Crippen LogP contribution >= 0.6 is 0 Å². The smallest absolute Gasteiger partial charge is 0.334 e. The SMILES string of the molecule is CC(=O)NCC(OC(C)(C)C)C(=O)O. The van der Waals surface area contributed by atoms with Gasteiger partial charge in [0, 0.05) is 6.92 Å². The van der Waals surface area contributed by atoms with E-state index in [4.69, 9.17) is 9.84 Å². The normalized spacial score (nSPS) is 13.4. The third kappa shape index (κ3) is 6.42. The lowest BCUT2D eigenvalue weighted by atomic mass is 10.2. The molecule has 0 saturated heterocycles. The van der Waals surface area contributed by atoms with Crippen molar-refractivity contribution in [1.82, 2.24) is 5.32 Å². The molecule has 0 aromatic carbocycles. The molecule has 0 aromatic rings. The molecule has 0 bridgehead atoms. The van der Waals surface area contributed by atoms with Gasteiger partial charge < -0.3 is 15.2 Å². The number of aliphatic carboxylic acids is 1. The molecule has 0 heterocycles. The van der Waals surface area contributed by atoms with Crippen molar-refractivity contribution >= 4 is 11.9 Å². The first-order valence-electron chi connectivity index (χ1n) is 4.37. The van der Waals surface area contributed by atoms with E-state index in [-0.39, 0.29) is 12.5 Å². The van der Waals surface area contributed by atoms with Crippen molar-refractivity contribution < 1.29 is 19.4 Å². The zero-order chi connectivity index (χ0) is 11.4. The van der Waals surface area contributed by atoms with Crippen LogP contribution in [0.3, 0.4) is 0 Å². The van der Waals surface area contributed by atoms with E-state index in [0.717, 1.165) is 0 Å². The molecule has 82 valence electrons. The van der Waals surface area contributed by atoms with Crippen LogP contribution in [0.1, 0.15) is 27.7 Å². The third-order valence-corrected chi connectivity index (χ3v) is 1.31. The number of ether oxygens (including phenoxy) is 1. The number of carboxylic acids is 1. The molecule has 0 rings (SSSR count). The number of rotatable bonds is 4. The minimum atomic E-state index is -1.08. The summed E-state index contributed by atoms with van der Waals surface area (Å²) in [7, 11) is 0. The van der Waals surface area contributed by atoms with Gasteiger partial charge in [-0.3, -0.25) is 4.79 Å². The van der Waals surface area contributed by atoms with Gasteiger partial charge in [-0.2, -0.15) is 0 Å².